The van der Waals surface area contributed by atoms with Crippen molar-refractivity contribution in [2.45, 2.75) is 13.8 Å². The molecule has 94 valence electrons. The maximum absolute atomic E-state index is 12.2. The number of nitrogens with zero attached hydrogens (tertiary/aromatic N) is 1. The lowest BCUT2D eigenvalue weighted by Gasteiger charge is -2.05. The van der Waals surface area contributed by atoms with E-state index >= 15 is 0 Å². The smallest absolute Gasteiger partial charge is 0.362 e. The Morgan fingerprint density at radius 2 is 2.22 bits per heavy atom. The lowest BCUT2D eigenvalue weighted by molar-refractivity contribution is 0.0517. The Morgan fingerprint density at radius 3 is 2.89 bits per heavy atom. The van der Waals surface area contributed by atoms with E-state index in [9.17, 15) is 9.59 Å². The van der Waals surface area contributed by atoms with E-state index < -0.39 is 11.4 Å². The molecule has 1 aromatic carbocycles. The predicted octanol–water partition coefficient (Wildman–Crippen LogP) is 2.01. The Balaban J connectivity index is 2.71. The molecule has 0 saturated heterocycles. The average molecular weight is 358 g/mol. The highest BCUT2D eigenvalue weighted by atomic mass is 127. The second kappa shape index (κ2) is 5.05. The Kier molecular flexibility index (Phi) is 3.65. The van der Waals surface area contributed by atoms with Gasteiger partial charge in [0.15, 0.2) is 0 Å². The summed E-state index contributed by atoms with van der Waals surface area (Å²) < 4.78 is 5.73. The largest absolute Gasteiger partial charge is 0.461 e. The predicted molar refractivity (Wildman–Crippen MR) is 75.8 cm³/mol. The molecular formula is C12H11IN2O3. The summed E-state index contributed by atoms with van der Waals surface area (Å²) in [7, 11) is 0. The number of esters is 1. The van der Waals surface area contributed by atoms with Gasteiger partial charge in [-0.25, -0.2) is 4.79 Å². The lowest BCUT2D eigenvalue weighted by Crippen LogP contribution is -2.21. The van der Waals surface area contributed by atoms with Crippen molar-refractivity contribution in [2.24, 2.45) is 0 Å². The molecule has 0 aliphatic carbocycles. The molecule has 1 heterocycles. The fraction of sp³-hybridized carbons (Fsp3) is 0.250. The molecule has 0 radical (unpaired) electrons. The Hall–Kier alpha value is -1.44. The molecule has 0 spiro atoms. The number of benzene rings is 1. The number of aromatic nitrogens is 2. The van der Waals surface area contributed by atoms with Crippen LogP contribution in [0.15, 0.2) is 16.9 Å². The van der Waals surface area contributed by atoms with Crippen molar-refractivity contribution in [3.8, 4) is 0 Å². The van der Waals surface area contributed by atoms with E-state index in [1.165, 1.54) is 0 Å². The number of hydrogen-bond acceptors (Lipinski definition) is 4. The molecule has 0 aliphatic heterocycles. The molecule has 0 saturated carbocycles. The SMILES string of the molecule is CCOC(=O)c1n[nH]c2c(C)cc(I)cc2c1=O. The van der Waals surface area contributed by atoms with Gasteiger partial charge in [-0.1, -0.05) is 0 Å². The van der Waals surface area contributed by atoms with Crippen molar-refractivity contribution >= 4 is 39.5 Å². The number of carbonyl (C=O) groups excluding carboxylic acids is 1. The van der Waals surface area contributed by atoms with Gasteiger partial charge in [0.1, 0.15) is 0 Å². The standard InChI is InChI=1S/C12H11IN2O3/c1-3-18-12(17)10-11(16)8-5-7(13)4-6(2)9(8)14-15-10/h4-5H,3H2,1-2H3,(H,14,16). The molecule has 18 heavy (non-hydrogen) atoms. The van der Waals surface area contributed by atoms with Crippen LogP contribution in [0, 0.1) is 10.5 Å². The van der Waals surface area contributed by atoms with Crippen LogP contribution in [0.3, 0.4) is 0 Å². The van der Waals surface area contributed by atoms with Gasteiger partial charge in [0.05, 0.1) is 17.5 Å². The number of H-pyrrole nitrogens is 1. The molecule has 0 unspecified atom stereocenters. The van der Waals surface area contributed by atoms with Gasteiger partial charge in [0.2, 0.25) is 11.1 Å². The summed E-state index contributed by atoms with van der Waals surface area (Å²) in [6.07, 6.45) is 0. The molecule has 2 rings (SSSR count). The molecule has 2 aromatic rings. The minimum Gasteiger partial charge on any atom is -0.461 e. The summed E-state index contributed by atoms with van der Waals surface area (Å²) in [5.74, 6) is -0.697. The Labute approximate surface area is 117 Å². The van der Waals surface area contributed by atoms with Crippen molar-refractivity contribution in [1.29, 1.82) is 0 Å². The minimum absolute atomic E-state index is 0.203. The fourth-order valence-corrected chi connectivity index (χ4v) is 2.48. The van der Waals surface area contributed by atoms with Crippen molar-refractivity contribution in [3.63, 3.8) is 0 Å². The molecule has 0 fully saturated rings. The average Bonchev–Trinajstić information content (AvgIpc) is 2.30. The Bertz CT molecular complexity index is 679. The van der Waals surface area contributed by atoms with E-state index in [-0.39, 0.29) is 12.3 Å². The summed E-state index contributed by atoms with van der Waals surface area (Å²) in [4.78, 5) is 23.7. The minimum atomic E-state index is -0.697. The summed E-state index contributed by atoms with van der Waals surface area (Å²) in [6.45, 7) is 3.77. The van der Waals surface area contributed by atoms with Crippen LogP contribution in [-0.2, 0) is 4.74 Å². The topological polar surface area (TPSA) is 72.0 Å². The first-order chi connectivity index (χ1) is 8.54. The number of rotatable bonds is 2. The van der Waals surface area contributed by atoms with Crippen molar-refractivity contribution < 1.29 is 9.53 Å². The van der Waals surface area contributed by atoms with E-state index in [2.05, 4.69) is 32.8 Å². The van der Waals surface area contributed by atoms with Crippen LogP contribution >= 0.6 is 22.6 Å². The van der Waals surface area contributed by atoms with Gasteiger partial charge in [-0.3, -0.25) is 9.89 Å². The highest BCUT2D eigenvalue weighted by Gasteiger charge is 2.16. The van der Waals surface area contributed by atoms with Gasteiger partial charge in [-0.05, 0) is 54.1 Å². The lowest BCUT2D eigenvalue weighted by atomic mass is 10.1. The summed E-state index contributed by atoms with van der Waals surface area (Å²) in [6, 6.07) is 3.66. The maximum Gasteiger partial charge on any atom is 0.362 e. The summed E-state index contributed by atoms with van der Waals surface area (Å²) >= 11 is 2.13. The highest BCUT2D eigenvalue weighted by Crippen LogP contribution is 2.17. The van der Waals surface area contributed by atoms with Crippen LogP contribution in [0.4, 0.5) is 0 Å². The van der Waals surface area contributed by atoms with Crippen molar-refractivity contribution in [1.82, 2.24) is 10.2 Å². The van der Waals surface area contributed by atoms with Crippen LogP contribution in [-0.4, -0.2) is 22.8 Å². The molecule has 6 heteroatoms. The third-order valence-electron chi connectivity index (χ3n) is 2.51. The van der Waals surface area contributed by atoms with Crippen LogP contribution < -0.4 is 5.43 Å². The summed E-state index contributed by atoms with van der Waals surface area (Å²) in [5.41, 5.74) is 0.958. The molecule has 1 aromatic heterocycles. The summed E-state index contributed by atoms with van der Waals surface area (Å²) in [5, 5.41) is 7.00. The first-order valence-corrected chi connectivity index (χ1v) is 6.48. The zero-order valence-corrected chi connectivity index (χ0v) is 12.1. The molecule has 5 nitrogen and oxygen atoms in total. The van der Waals surface area contributed by atoms with E-state index in [4.69, 9.17) is 4.74 Å². The third kappa shape index (κ3) is 2.24. The fourth-order valence-electron chi connectivity index (χ4n) is 1.70. The highest BCUT2D eigenvalue weighted by molar-refractivity contribution is 14.1. The number of fused-ring (bicyclic) bond motifs is 1. The molecular weight excluding hydrogens is 347 g/mol. The van der Waals surface area contributed by atoms with E-state index in [0.717, 1.165) is 9.13 Å². The number of ether oxygens (including phenoxy) is 1. The quantitative estimate of drug-likeness (QED) is 0.659. The molecule has 0 atom stereocenters. The van der Waals surface area contributed by atoms with Crippen LogP contribution in [0.1, 0.15) is 23.0 Å². The van der Waals surface area contributed by atoms with Crippen LogP contribution in [0.25, 0.3) is 10.9 Å². The second-order valence-electron chi connectivity index (χ2n) is 3.77. The molecule has 0 bridgehead atoms. The third-order valence-corrected chi connectivity index (χ3v) is 3.13. The number of aromatic amines is 1. The van der Waals surface area contributed by atoms with Gasteiger partial charge < -0.3 is 4.74 Å². The Morgan fingerprint density at radius 1 is 1.50 bits per heavy atom. The zero-order valence-electron chi connectivity index (χ0n) is 9.91. The molecule has 0 amide bonds. The van der Waals surface area contributed by atoms with E-state index in [0.29, 0.717) is 10.9 Å². The van der Waals surface area contributed by atoms with Gasteiger partial charge in [-0.15, -0.1) is 0 Å². The number of carbonyl (C=O) groups is 1. The van der Waals surface area contributed by atoms with Gasteiger partial charge in [0, 0.05) is 3.57 Å². The first kappa shape index (κ1) is 13.0. The van der Waals surface area contributed by atoms with Gasteiger partial charge >= 0.3 is 5.97 Å². The van der Waals surface area contributed by atoms with Crippen molar-refractivity contribution in [2.75, 3.05) is 6.61 Å². The molecule has 0 aliphatic rings. The second-order valence-corrected chi connectivity index (χ2v) is 5.01. The monoisotopic (exact) mass is 358 g/mol. The normalized spacial score (nSPS) is 10.6. The van der Waals surface area contributed by atoms with Gasteiger partial charge in [0.25, 0.3) is 0 Å². The zero-order chi connectivity index (χ0) is 13.3. The van der Waals surface area contributed by atoms with Gasteiger partial charge in [-0.2, -0.15) is 5.10 Å². The van der Waals surface area contributed by atoms with Crippen LogP contribution in [0.2, 0.25) is 0 Å². The number of nitrogens with one attached hydrogen (secondary N) is 1. The van der Waals surface area contributed by atoms with E-state index in [1.54, 1.807) is 13.0 Å². The van der Waals surface area contributed by atoms with E-state index in [1.807, 2.05) is 13.0 Å². The van der Waals surface area contributed by atoms with Crippen molar-refractivity contribution in [3.05, 3.63) is 37.2 Å². The van der Waals surface area contributed by atoms with Crippen LogP contribution in [0.5, 0.6) is 0 Å². The number of hydrogen-bond donors (Lipinski definition) is 1. The number of aryl methyl sites for hydroxylation is 1. The molecule has 1 N–H and O–H groups in total. The maximum atomic E-state index is 12.2. The first-order valence-electron chi connectivity index (χ1n) is 5.40. The number of halogens is 1.